The van der Waals surface area contributed by atoms with Crippen molar-refractivity contribution in [2.75, 3.05) is 11.1 Å². The van der Waals surface area contributed by atoms with Crippen LogP contribution in [0.25, 0.3) is 17.1 Å². The number of benzene rings is 2. The van der Waals surface area contributed by atoms with E-state index in [1.165, 1.54) is 28.0 Å². The van der Waals surface area contributed by atoms with Crippen molar-refractivity contribution in [3.8, 4) is 23.1 Å². The summed E-state index contributed by atoms with van der Waals surface area (Å²) in [5.74, 6) is 0.742. The molecule has 2 aromatic heterocycles. The Morgan fingerprint density at radius 1 is 1.15 bits per heavy atom. The highest BCUT2D eigenvalue weighted by Crippen LogP contribution is 2.38. The van der Waals surface area contributed by atoms with Crippen molar-refractivity contribution in [2.45, 2.75) is 31.3 Å². The number of fused-ring (bicyclic) bond motifs is 1. The standard InChI is InChI=1S/C25H21N5OS2/c1-16-10-12-18(13-11-16)30-23(17-6-3-2-4-7-17)28-29-25(30)32-15-22(31)27-24-20(14-26)19-8-5-9-21(19)33-24/h2-4,6-7,10-13H,5,8-9,15H2,1H3,(H,27,31). The molecule has 0 saturated carbocycles. The van der Waals surface area contributed by atoms with Crippen LogP contribution in [-0.2, 0) is 17.6 Å². The maximum absolute atomic E-state index is 12.8. The highest BCUT2D eigenvalue weighted by molar-refractivity contribution is 7.99. The minimum atomic E-state index is -0.156. The van der Waals surface area contributed by atoms with Crippen LogP contribution in [0, 0.1) is 18.3 Å². The molecule has 164 valence electrons. The molecule has 8 heteroatoms. The van der Waals surface area contributed by atoms with Crippen molar-refractivity contribution >= 4 is 34.0 Å². The topological polar surface area (TPSA) is 83.6 Å². The van der Waals surface area contributed by atoms with E-state index in [4.69, 9.17) is 0 Å². The van der Waals surface area contributed by atoms with E-state index in [0.717, 1.165) is 47.5 Å². The van der Waals surface area contributed by atoms with E-state index < -0.39 is 0 Å². The highest BCUT2D eigenvalue weighted by atomic mass is 32.2. The first-order valence-corrected chi connectivity index (χ1v) is 12.5. The van der Waals surface area contributed by atoms with Crippen molar-refractivity contribution < 1.29 is 4.79 Å². The Morgan fingerprint density at radius 3 is 2.70 bits per heavy atom. The van der Waals surface area contributed by atoms with Crippen molar-refractivity contribution in [3.63, 3.8) is 0 Å². The van der Waals surface area contributed by atoms with E-state index >= 15 is 0 Å². The van der Waals surface area contributed by atoms with Crippen molar-refractivity contribution in [2.24, 2.45) is 0 Å². The molecule has 0 bridgehead atoms. The Labute approximate surface area is 200 Å². The number of carbonyl (C=O) groups excluding carboxylic acids is 1. The number of hydrogen-bond donors (Lipinski definition) is 1. The number of nitriles is 1. The molecular formula is C25H21N5OS2. The molecule has 0 unspecified atom stereocenters. The number of thioether (sulfide) groups is 1. The molecule has 1 amide bonds. The van der Waals surface area contributed by atoms with Gasteiger partial charge in [-0.15, -0.1) is 21.5 Å². The zero-order valence-electron chi connectivity index (χ0n) is 18.0. The lowest BCUT2D eigenvalue weighted by atomic mass is 10.1. The maximum atomic E-state index is 12.8. The molecule has 0 fully saturated rings. The SMILES string of the molecule is Cc1ccc(-n2c(SCC(=O)Nc3sc4c(c3C#N)CCC4)nnc2-c2ccccc2)cc1. The molecule has 0 aliphatic heterocycles. The summed E-state index contributed by atoms with van der Waals surface area (Å²) in [6.45, 7) is 2.05. The third-order valence-corrected chi connectivity index (χ3v) is 7.71. The zero-order chi connectivity index (χ0) is 22.8. The quantitative estimate of drug-likeness (QED) is 0.381. The van der Waals surface area contributed by atoms with Crippen molar-refractivity contribution in [3.05, 3.63) is 76.2 Å². The van der Waals surface area contributed by atoms with Crippen molar-refractivity contribution in [1.82, 2.24) is 14.8 Å². The molecule has 5 rings (SSSR count). The first kappa shape index (κ1) is 21.4. The second-order valence-electron chi connectivity index (χ2n) is 7.85. The molecule has 1 aliphatic rings. The number of nitrogens with one attached hydrogen (secondary N) is 1. The summed E-state index contributed by atoms with van der Waals surface area (Å²) < 4.78 is 1.98. The largest absolute Gasteiger partial charge is 0.316 e. The fourth-order valence-corrected chi connectivity index (χ4v) is 5.98. The van der Waals surface area contributed by atoms with E-state index in [1.54, 1.807) is 0 Å². The normalized spacial score (nSPS) is 12.4. The average molecular weight is 472 g/mol. The first-order chi connectivity index (χ1) is 16.1. The zero-order valence-corrected chi connectivity index (χ0v) is 19.7. The van der Waals surface area contributed by atoms with Crippen LogP contribution in [0.15, 0.2) is 59.8 Å². The predicted molar refractivity (Wildman–Crippen MR) is 132 cm³/mol. The Bertz CT molecular complexity index is 1350. The predicted octanol–water partition coefficient (Wildman–Crippen LogP) is 5.40. The summed E-state index contributed by atoms with van der Waals surface area (Å²) in [6, 6.07) is 20.3. The Kier molecular flexibility index (Phi) is 5.99. The lowest BCUT2D eigenvalue weighted by Gasteiger charge is -2.11. The van der Waals surface area contributed by atoms with Gasteiger partial charge in [0.15, 0.2) is 11.0 Å². The van der Waals surface area contributed by atoms with Crippen LogP contribution >= 0.6 is 23.1 Å². The number of aryl methyl sites for hydroxylation is 2. The molecule has 6 nitrogen and oxygen atoms in total. The van der Waals surface area contributed by atoms with Gasteiger partial charge >= 0.3 is 0 Å². The van der Waals surface area contributed by atoms with Crippen LogP contribution in [0.2, 0.25) is 0 Å². The van der Waals surface area contributed by atoms with Gasteiger partial charge in [0.05, 0.1) is 11.3 Å². The number of anilines is 1. The lowest BCUT2D eigenvalue weighted by Crippen LogP contribution is -2.14. The van der Waals surface area contributed by atoms with Crippen LogP contribution in [0.4, 0.5) is 5.00 Å². The summed E-state index contributed by atoms with van der Waals surface area (Å²) >= 11 is 2.86. The molecule has 0 atom stereocenters. The van der Waals surface area contributed by atoms with E-state index in [0.29, 0.717) is 15.7 Å². The fourth-order valence-electron chi connectivity index (χ4n) is 3.97. The first-order valence-electron chi connectivity index (χ1n) is 10.7. The number of hydrogen-bond acceptors (Lipinski definition) is 6. The Hall–Kier alpha value is -3.41. The van der Waals surface area contributed by atoms with E-state index in [2.05, 4.69) is 21.6 Å². The van der Waals surface area contributed by atoms with Gasteiger partial charge in [-0.05, 0) is 43.9 Å². The third-order valence-electron chi connectivity index (χ3n) is 5.58. The molecule has 2 heterocycles. The number of nitrogens with zero attached hydrogens (tertiary/aromatic N) is 4. The van der Waals surface area contributed by atoms with Gasteiger partial charge in [-0.1, -0.05) is 59.8 Å². The van der Waals surface area contributed by atoms with E-state index in [1.807, 2.05) is 66.1 Å². The summed E-state index contributed by atoms with van der Waals surface area (Å²) in [4.78, 5) is 14.0. The second kappa shape index (κ2) is 9.22. The van der Waals surface area contributed by atoms with Crippen LogP contribution in [0.1, 0.15) is 28.0 Å². The number of rotatable bonds is 6. The molecule has 33 heavy (non-hydrogen) atoms. The lowest BCUT2D eigenvalue weighted by molar-refractivity contribution is -0.113. The van der Waals surface area contributed by atoms with Crippen LogP contribution in [-0.4, -0.2) is 26.4 Å². The number of thiophene rings is 1. The number of amides is 1. The van der Waals surface area contributed by atoms with Crippen LogP contribution < -0.4 is 5.32 Å². The van der Waals surface area contributed by atoms with Gasteiger partial charge in [-0.3, -0.25) is 9.36 Å². The second-order valence-corrected chi connectivity index (χ2v) is 9.90. The van der Waals surface area contributed by atoms with Crippen LogP contribution in [0.5, 0.6) is 0 Å². The van der Waals surface area contributed by atoms with Gasteiger partial charge in [-0.25, -0.2) is 0 Å². The number of aromatic nitrogens is 3. The molecular weight excluding hydrogens is 450 g/mol. The monoisotopic (exact) mass is 471 g/mol. The third kappa shape index (κ3) is 4.30. The highest BCUT2D eigenvalue weighted by Gasteiger charge is 2.23. The van der Waals surface area contributed by atoms with Gasteiger partial charge in [0.2, 0.25) is 5.91 Å². The van der Waals surface area contributed by atoms with Gasteiger partial charge in [0, 0.05) is 16.1 Å². The summed E-state index contributed by atoms with van der Waals surface area (Å²) in [7, 11) is 0. The summed E-state index contributed by atoms with van der Waals surface area (Å²) in [6.07, 6.45) is 2.99. The molecule has 2 aromatic carbocycles. The molecule has 0 radical (unpaired) electrons. The molecule has 0 spiro atoms. The fraction of sp³-hybridized carbons (Fsp3) is 0.200. The molecule has 1 aliphatic carbocycles. The van der Waals surface area contributed by atoms with Gasteiger partial charge < -0.3 is 5.32 Å². The summed E-state index contributed by atoms with van der Waals surface area (Å²) in [5, 5.41) is 22.6. The Balaban J connectivity index is 1.39. The van der Waals surface area contributed by atoms with Crippen molar-refractivity contribution in [1.29, 1.82) is 5.26 Å². The van der Waals surface area contributed by atoms with E-state index in [-0.39, 0.29) is 11.7 Å². The van der Waals surface area contributed by atoms with Gasteiger partial charge in [0.1, 0.15) is 11.1 Å². The summed E-state index contributed by atoms with van der Waals surface area (Å²) in [5.41, 5.74) is 4.79. The van der Waals surface area contributed by atoms with Crippen LogP contribution in [0.3, 0.4) is 0 Å². The molecule has 4 aromatic rings. The minimum absolute atomic E-state index is 0.156. The maximum Gasteiger partial charge on any atom is 0.235 e. The Morgan fingerprint density at radius 2 is 1.94 bits per heavy atom. The minimum Gasteiger partial charge on any atom is -0.316 e. The van der Waals surface area contributed by atoms with Gasteiger partial charge in [-0.2, -0.15) is 5.26 Å². The smallest absolute Gasteiger partial charge is 0.235 e. The van der Waals surface area contributed by atoms with E-state index in [9.17, 15) is 10.1 Å². The number of carbonyl (C=O) groups is 1. The molecule has 0 saturated heterocycles. The average Bonchev–Trinajstić information content (AvgIpc) is 3.53. The molecule has 1 N–H and O–H groups in total. The van der Waals surface area contributed by atoms with Gasteiger partial charge in [0.25, 0.3) is 0 Å².